The minimum absolute atomic E-state index is 0.148. The van der Waals surface area contributed by atoms with Gasteiger partial charge in [0, 0.05) is 10.0 Å². The molecule has 2 nitrogen and oxygen atoms in total. The van der Waals surface area contributed by atoms with E-state index in [0.717, 1.165) is 15.6 Å². The van der Waals surface area contributed by atoms with E-state index in [0.29, 0.717) is 5.57 Å². The SMILES string of the molecule is C=CC(=O)C(=Cc1ccc(O)cc1)c1ccccc1Br. The maximum absolute atomic E-state index is 12.1. The van der Waals surface area contributed by atoms with Gasteiger partial charge in [-0.15, -0.1) is 0 Å². The Hall–Kier alpha value is -2.13. The highest BCUT2D eigenvalue weighted by Crippen LogP contribution is 2.27. The fourth-order valence-electron chi connectivity index (χ4n) is 1.81. The van der Waals surface area contributed by atoms with Gasteiger partial charge in [0.05, 0.1) is 0 Å². The maximum Gasteiger partial charge on any atom is 0.185 e. The van der Waals surface area contributed by atoms with Gasteiger partial charge in [-0.1, -0.05) is 52.8 Å². The summed E-state index contributed by atoms with van der Waals surface area (Å²) in [5, 5.41) is 9.30. The summed E-state index contributed by atoms with van der Waals surface area (Å²) in [7, 11) is 0. The molecule has 0 spiro atoms. The van der Waals surface area contributed by atoms with Gasteiger partial charge in [-0.25, -0.2) is 0 Å². The molecule has 0 bridgehead atoms. The van der Waals surface area contributed by atoms with Crippen LogP contribution in [-0.2, 0) is 4.79 Å². The number of benzene rings is 2. The minimum Gasteiger partial charge on any atom is -0.508 e. The fraction of sp³-hybridized carbons (Fsp3) is 0. The second kappa shape index (κ2) is 6.35. The Morgan fingerprint density at radius 3 is 2.35 bits per heavy atom. The van der Waals surface area contributed by atoms with Gasteiger partial charge in [-0.2, -0.15) is 0 Å². The number of ketones is 1. The van der Waals surface area contributed by atoms with Crippen molar-refractivity contribution in [3.63, 3.8) is 0 Å². The molecular weight excluding hydrogens is 316 g/mol. The number of phenols is 1. The number of hydrogen-bond donors (Lipinski definition) is 1. The third-order valence-electron chi connectivity index (χ3n) is 2.82. The van der Waals surface area contributed by atoms with Crippen molar-refractivity contribution in [2.24, 2.45) is 0 Å². The third kappa shape index (κ3) is 3.25. The Kier molecular flexibility index (Phi) is 4.53. The lowest BCUT2D eigenvalue weighted by Crippen LogP contribution is -1.98. The first-order valence-electron chi connectivity index (χ1n) is 6.04. The van der Waals surface area contributed by atoms with E-state index >= 15 is 0 Å². The van der Waals surface area contributed by atoms with Gasteiger partial charge in [-0.05, 0) is 41.5 Å². The number of hydrogen-bond acceptors (Lipinski definition) is 2. The molecule has 0 unspecified atom stereocenters. The number of rotatable bonds is 4. The highest BCUT2D eigenvalue weighted by molar-refractivity contribution is 9.10. The van der Waals surface area contributed by atoms with Crippen LogP contribution in [0.1, 0.15) is 11.1 Å². The van der Waals surface area contributed by atoms with Crippen LogP contribution in [0.3, 0.4) is 0 Å². The largest absolute Gasteiger partial charge is 0.508 e. The van der Waals surface area contributed by atoms with E-state index in [2.05, 4.69) is 22.5 Å². The summed E-state index contributed by atoms with van der Waals surface area (Å²) in [5.74, 6) is 0.0459. The van der Waals surface area contributed by atoms with Gasteiger partial charge in [0.15, 0.2) is 5.78 Å². The number of halogens is 1. The quantitative estimate of drug-likeness (QED) is 0.665. The summed E-state index contributed by atoms with van der Waals surface area (Å²) in [4.78, 5) is 12.1. The Morgan fingerprint density at radius 2 is 1.75 bits per heavy atom. The Balaban J connectivity index is 2.53. The molecule has 0 heterocycles. The molecule has 0 saturated heterocycles. The zero-order chi connectivity index (χ0) is 14.5. The van der Waals surface area contributed by atoms with E-state index in [-0.39, 0.29) is 11.5 Å². The van der Waals surface area contributed by atoms with Crippen molar-refractivity contribution < 1.29 is 9.90 Å². The lowest BCUT2D eigenvalue weighted by Gasteiger charge is -2.07. The van der Waals surface area contributed by atoms with Crippen LogP contribution < -0.4 is 0 Å². The van der Waals surface area contributed by atoms with E-state index < -0.39 is 0 Å². The molecule has 0 aliphatic carbocycles. The van der Waals surface area contributed by atoms with Crippen LogP contribution >= 0.6 is 15.9 Å². The van der Waals surface area contributed by atoms with Gasteiger partial charge in [0.25, 0.3) is 0 Å². The lowest BCUT2D eigenvalue weighted by molar-refractivity contribution is -0.109. The molecule has 20 heavy (non-hydrogen) atoms. The molecule has 100 valence electrons. The predicted octanol–water partition coefficient (Wildman–Crippen LogP) is 4.45. The normalized spacial score (nSPS) is 11.2. The van der Waals surface area contributed by atoms with Crippen LogP contribution in [0.15, 0.2) is 65.7 Å². The molecule has 0 aliphatic heterocycles. The molecule has 0 aromatic heterocycles. The summed E-state index contributed by atoms with van der Waals surface area (Å²) in [5.41, 5.74) is 2.20. The van der Waals surface area contributed by atoms with Crippen LogP contribution in [0.4, 0.5) is 0 Å². The van der Waals surface area contributed by atoms with Gasteiger partial charge in [-0.3, -0.25) is 4.79 Å². The molecule has 1 N–H and O–H groups in total. The molecule has 3 heteroatoms. The summed E-state index contributed by atoms with van der Waals surface area (Å²) in [6, 6.07) is 14.2. The predicted molar refractivity (Wildman–Crippen MR) is 85.3 cm³/mol. The first kappa shape index (κ1) is 14.3. The zero-order valence-electron chi connectivity index (χ0n) is 10.7. The molecular formula is C17H13BrO2. The van der Waals surface area contributed by atoms with E-state index in [1.54, 1.807) is 30.3 Å². The number of carbonyl (C=O) groups excluding carboxylic acids is 1. The Bertz CT molecular complexity index is 670. The average Bonchev–Trinajstić information content (AvgIpc) is 2.47. The minimum atomic E-state index is -0.148. The molecule has 2 aromatic carbocycles. The zero-order valence-corrected chi connectivity index (χ0v) is 12.3. The lowest BCUT2D eigenvalue weighted by atomic mass is 9.99. The molecule has 2 aromatic rings. The first-order valence-corrected chi connectivity index (χ1v) is 6.83. The van der Waals surface area contributed by atoms with Crippen molar-refractivity contribution in [3.8, 4) is 5.75 Å². The number of allylic oxidation sites excluding steroid dienone is 2. The summed E-state index contributed by atoms with van der Waals surface area (Å²) in [6.45, 7) is 3.55. The molecule has 0 fully saturated rings. The van der Waals surface area contributed by atoms with Crippen LogP contribution in [0.2, 0.25) is 0 Å². The van der Waals surface area contributed by atoms with Crippen molar-refractivity contribution in [1.82, 2.24) is 0 Å². The highest BCUT2D eigenvalue weighted by atomic mass is 79.9. The van der Waals surface area contributed by atoms with Crippen molar-refractivity contribution in [2.75, 3.05) is 0 Å². The molecule has 0 amide bonds. The van der Waals surface area contributed by atoms with Crippen LogP contribution in [0, 0.1) is 0 Å². The van der Waals surface area contributed by atoms with E-state index in [1.165, 1.54) is 6.08 Å². The van der Waals surface area contributed by atoms with Crippen LogP contribution in [0.25, 0.3) is 11.6 Å². The van der Waals surface area contributed by atoms with E-state index in [9.17, 15) is 9.90 Å². The Morgan fingerprint density at radius 1 is 1.10 bits per heavy atom. The molecule has 0 radical (unpaired) electrons. The first-order chi connectivity index (χ1) is 9.61. The third-order valence-corrected chi connectivity index (χ3v) is 3.51. The standard InChI is InChI=1S/C17H13BrO2/c1-2-17(20)15(14-5-3-4-6-16(14)18)11-12-7-9-13(19)10-8-12/h2-11,19H,1H2. The van der Waals surface area contributed by atoms with Gasteiger partial charge < -0.3 is 5.11 Å². The van der Waals surface area contributed by atoms with Crippen molar-refractivity contribution in [2.45, 2.75) is 0 Å². The van der Waals surface area contributed by atoms with Gasteiger partial charge in [0.2, 0.25) is 0 Å². The van der Waals surface area contributed by atoms with Crippen molar-refractivity contribution in [3.05, 3.63) is 76.8 Å². The van der Waals surface area contributed by atoms with Crippen molar-refractivity contribution in [1.29, 1.82) is 0 Å². The smallest absolute Gasteiger partial charge is 0.185 e. The monoisotopic (exact) mass is 328 g/mol. The number of aromatic hydroxyl groups is 1. The molecule has 0 atom stereocenters. The topological polar surface area (TPSA) is 37.3 Å². The average molecular weight is 329 g/mol. The second-order valence-corrected chi connectivity index (χ2v) is 5.05. The van der Waals surface area contributed by atoms with Crippen LogP contribution in [0.5, 0.6) is 5.75 Å². The number of carbonyl (C=O) groups is 1. The summed E-state index contributed by atoms with van der Waals surface area (Å²) in [6.07, 6.45) is 3.08. The molecule has 0 aliphatic rings. The van der Waals surface area contributed by atoms with E-state index in [4.69, 9.17) is 0 Å². The van der Waals surface area contributed by atoms with Gasteiger partial charge in [0.1, 0.15) is 5.75 Å². The van der Waals surface area contributed by atoms with E-state index in [1.807, 2.05) is 24.3 Å². The van der Waals surface area contributed by atoms with Crippen molar-refractivity contribution >= 4 is 33.4 Å². The fourth-order valence-corrected chi connectivity index (χ4v) is 2.31. The summed E-state index contributed by atoms with van der Waals surface area (Å²) < 4.78 is 0.847. The Labute approximate surface area is 126 Å². The van der Waals surface area contributed by atoms with Crippen LogP contribution in [-0.4, -0.2) is 10.9 Å². The summed E-state index contributed by atoms with van der Waals surface area (Å²) >= 11 is 3.45. The maximum atomic E-state index is 12.1. The second-order valence-electron chi connectivity index (χ2n) is 4.20. The number of phenolic OH excluding ortho intramolecular Hbond substituents is 1. The molecule has 0 saturated carbocycles. The van der Waals surface area contributed by atoms with Gasteiger partial charge >= 0.3 is 0 Å². The highest BCUT2D eigenvalue weighted by Gasteiger charge is 2.11. The molecule has 2 rings (SSSR count).